The Bertz CT molecular complexity index is 706. The van der Waals surface area contributed by atoms with Crippen molar-refractivity contribution < 1.29 is 9.90 Å². The van der Waals surface area contributed by atoms with Crippen molar-refractivity contribution in [2.75, 3.05) is 37.7 Å². The van der Waals surface area contributed by atoms with Crippen LogP contribution in [-0.4, -0.2) is 53.7 Å². The molecule has 5 nitrogen and oxygen atoms in total. The van der Waals surface area contributed by atoms with Crippen LogP contribution in [0.1, 0.15) is 29.5 Å². The van der Waals surface area contributed by atoms with Gasteiger partial charge in [-0.05, 0) is 54.8 Å². The van der Waals surface area contributed by atoms with Gasteiger partial charge < -0.3 is 14.9 Å². The van der Waals surface area contributed by atoms with E-state index in [1.54, 1.807) is 18.3 Å². The van der Waals surface area contributed by atoms with Crippen molar-refractivity contribution in [3.63, 3.8) is 0 Å². The van der Waals surface area contributed by atoms with Crippen LogP contribution >= 0.6 is 11.3 Å². The second-order valence-corrected chi connectivity index (χ2v) is 7.75. The number of pyridine rings is 1. The number of anilines is 1. The van der Waals surface area contributed by atoms with Gasteiger partial charge in [-0.3, -0.25) is 9.78 Å². The van der Waals surface area contributed by atoms with Crippen molar-refractivity contribution >= 4 is 22.9 Å². The van der Waals surface area contributed by atoms with Gasteiger partial charge in [0.2, 0.25) is 5.91 Å². The third kappa shape index (κ3) is 5.05. The maximum absolute atomic E-state index is 11.4. The van der Waals surface area contributed by atoms with Gasteiger partial charge in [-0.25, -0.2) is 0 Å². The lowest BCUT2D eigenvalue weighted by Crippen LogP contribution is -2.48. The average molecular weight is 374 g/mol. The van der Waals surface area contributed by atoms with Crippen molar-refractivity contribution in [2.24, 2.45) is 0 Å². The second kappa shape index (κ2) is 9.14. The lowest BCUT2D eigenvalue weighted by atomic mass is 10.1. The van der Waals surface area contributed by atoms with E-state index >= 15 is 0 Å². The first-order valence-corrected chi connectivity index (χ1v) is 10.2. The van der Waals surface area contributed by atoms with E-state index in [9.17, 15) is 4.79 Å². The van der Waals surface area contributed by atoms with E-state index in [2.05, 4.69) is 33.5 Å². The normalized spacial score (nSPS) is 14.7. The van der Waals surface area contributed by atoms with Gasteiger partial charge in [0.05, 0.1) is 11.9 Å². The van der Waals surface area contributed by atoms with E-state index in [0.29, 0.717) is 0 Å². The number of aliphatic hydroxyl groups is 1. The van der Waals surface area contributed by atoms with E-state index in [-0.39, 0.29) is 12.5 Å². The number of nitrogens with zero attached hydrogens (tertiary/aromatic N) is 3. The SMILES string of the molecule is CC(=O)N1CCN(c2ccc(CCc3csc(CCCO)c3)nc2)CC1. The van der Waals surface area contributed by atoms with Crippen LogP contribution in [0, 0.1) is 0 Å². The summed E-state index contributed by atoms with van der Waals surface area (Å²) >= 11 is 1.78. The number of amides is 1. The molecule has 140 valence electrons. The van der Waals surface area contributed by atoms with Crippen LogP contribution in [-0.2, 0) is 24.1 Å². The maximum atomic E-state index is 11.4. The highest BCUT2D eigenvalue weighted by Gasteiger charge is 2.18. The Morgan fingerprint density at radius 2 is 2.00 bits per heavy atom. The summed E-state index contributed by atoms with van der Waals surface area (Å²) < 4.78 is 0. The Morgan fingerprint density at radius 1 is 1.19 bits per heavy atom. The molecule has 26 heavy (non-hydrogen) atoms. The summed E-state index contributed by atoms with van der Waals surface area (Å²) in [5, 5.41) is 11.1. The largest absolute Gasteiger partial charge is 0.396 e. The molecule has 1 aliphatic heterocycles. The monoisotopic (exact) mass is 373 g/mol. The van der Waals surface area contributed by atoms with Crippen LogP contribution in [0.15, 0.2) is 29.8 Å². The van der Waals surface area contributed by atoms with Crippen molar-refractivity contribution in [1.29, 1.82) is 0 Å². The molecule has 1 saturated heterocycles. The molecule has 0 atom stereocenters. The molecule has 0 spiro atoms. The number of hydrogen-bond acceptors (Lipinski definition) is 5. The van der Waals surface area contributed by atoms with E-state index in [1.165, 1.54) is 10.4 Å². The summed E-state index contributed by atoms with van der Waals surface area (Å²) in [5.74, 6) is 0.158. The fourth-order valence-electron chi connectivity index (χ4n) is 3.25. The molecular formula is C20H27N3O2S. The van der Waals surface area contributed by atoms with Gasteiger partial charge in [0.1, 0.15) is 0 Å². The highest BCUT2D eigenvalue weighted by atomic mass is 32.1. The topological polar surface area (TPSA) is 56.7 Å². The van der Waals surface area contributed by atoms with Crippen LogP contribution in [0.3, 0.4) is 0 Å². The summed E-state index contributed by atoms with van der Waals surface area (Å²) in [4.78, 5) is 21.6. The minimum absolute atomic E-state index is 0.158. The molecule has 0 saturated carbocycles. The quantitative estimate of drug-likeness (QED) is 0.810. The van der Waals surface area contributed by atoms with Gasteiger partial charge >= 0.3 is 0 Å². The number of carbonyl (C=O) groups is 1. The predicted molar refractivity (Wildman–Crippen MR) is 106 cm³/mol. The Morgan fingerprint density at radius 3 is 2.65 bits per heavy atom. The molecule has 3 heterocycles. The molecule has 0 unspecified atom stereocenters. The smallest absolute Gasteiger partial charge is 0.219 e. The Balaban J connectivity index is 1.49. The lowest BCUT2D eigenvalue weighted by molar-refractivity contribution is -0.129. The highest BCUT2D eigenvalue weighted by molar-refractivity contribution is 7.10. The highest BCUT2D eigenvalue weighted by Crippen LogP contribution is 2.19. The number of hydrogen-bond donors (Lipinski definition) is 1. The van der Waals surface area contributed by atoms with Gasteiger partial charge in [-0.1, -0.05) is 0 Å². The second-order valence-electron chi connectivity index (χ2n) is 6.75. The van der Waals surface area contributed by atoms with Crippen LogP contribution in [0.25, 0.3) is 0 Å². The van der Waals surface area contributed by atoms with E-state index in [4.69, 9.17) is 5.11 Å². The molecule has 0 aromatic carbocycles. The van der Waals surface area contributed by atoms with Crippen molar-refractivity contribution in [1.82, 2.24) is 9.88 Å². The number of aromatic nitrogens is 1. The number of aryl methyl sites for hydroxylation is 3. The maximum Gasteiger partial charge on any atom is 0.219 e. The number of thiophene rings is 1. The first-order valence-electron chi connectivity index (χ1n) is 9.28. The number of rotatable bonds is 7. The minimum atomic E-state index is 0.158. The molecule has 2 aromatic rings. The van der Waals surface area contributed by atoms with Crippen LogP contribution in [0.2, 0.25) is 0 Å². The molecule has 3 rings (SSSR count). The van der Waals surface area contributed by atoms with Crippen LogP contribution in [0.4, 0.5) is 5.69 Å². The molecule has 0 bridgehead atoms. The van der Waals surface area contributed by atoms with Gasteiger partial charge in [-0.2, -0.15) is 0 Å². The zero-order chi connectivity index (χ0) is 18.4. The third-order valence-corrected chi connectivity index (χ3v) is 5.90. The van der Waals surface area contributed by atoms with Crippen molar-refractivity contribution in [2.45, 2.75) is 32.6 Å². The number of aliphatic hydroxyl groups excluding tert-OH is 1. The summed E-state index contributed by atoms with van der Waals surface area (Å²) in [7, 11) is 0. The molecule has 1 aliphatic rings. The van der Waals surface area contributed by atoms with Gasteiger partial charge in [0.25, 0.3) is 0 Å². The van der Waals surface area contributed by atoms with Gasteiger partial charge in [0, 0.05) is 50.3 Å². The molecule has 1 amide bonds. The zero-order valence-electron chi connectivity index (χ0n) is 15.4. The molecule has 0 radical (unpaired) electrons. The van der Waals surface area contributed by atoms with Crippen molar-refractivity contribution in [3.05, 3.63) is 45.9 Å². The zero-order valence-corrected chi connectivity index (χ0v) is 16.2. The van der Waals surface area contributed by atoms with Crippen LogP contribution < -0.4 is 4.90 Å². The van der Waals surface area contributed by atoms with Gasteiger partial charge in [0.15, 0.2) is 0 Å². The fraction of sp³-hybridized carbons (Fsp3) is 0.500. The molecule has 0 aliphatic carbocycles. The first kappa shape index (κ1) is 18.9. The molecular weight excluding hydrogens is 346 g/mol. The van der Waals surface area contributed by atoms with E-state index in [0.717, 1.165) is 63.2 Å². The lowest BCUT2D eigenvalue weighted by Gasteiger charge is -2.35. The Kier molecular flexibility index (Phi) is 6.63. The summed E-state index contributed by atoms with van der Waals surface area (Å²) in [6.07, 6.45) is 5.70. The number of carbonyl (C=O) groups excluding carboxylic acids is 1. The minimum Gasteiger partial charge on any atom is -0.396 e. The average Bonchev–Trinajstić information content (AvgIpc) is 3.13. The van der Waals surface area contributed by atoms with Gasteiger partial charge in [-0.15, -0.1) is 11.3 Å². The Hall–Kier alpha value is -1.92. The molecule has 1 N–H and O–H groups in total. The third-order valence-electron chi connectivity index (χ3n) is 4.86. The molecule has 2 aromatic heterocycles. The standard InChI is InChI=1S/C20H27N3O2S/c1-16(25)22-8-10-23(11-9-22)19-7-6-18(21-14-19)5-4-17-13-20(26-15-17)3-2-12-24/h6-7,13-15,24H,2-5,8-12H2,1H3. The summed E-state index contributed by atoms with van der Waals surface area (Å²) in [5.41, 5.74) is 3.60. The molecule has 6 heteroatoms. The summed E-state index contributed by atoms with van der Waals surface area (Å²) in [6.45, 7) is 5.20. The van der Waals surface area contributed by atoms with E-state index < -0.39 is 0 Å². The van der Waals surface area contributed by atoms with Crippen molar-refractivity contribution in [3.8, 4) is 0 Å². The molecule has 1 fully saturated rings. The Labute approximate surface area is 159 Å². The van der Waals surface area contributed by atoms with E-state index in [1.807, 2.05) is 11.1 Å². The summed E-state index contributed by atoms with van der Waals surface area (Å²) in [6, 6.07) is 6.51. The van der Waals surface area contributed by atoms with Crippen LogP contribution in [0.5, 0.6) is 0 Å². The first-order chi connectivity index (χ1) is 12.7. The predicted octanol–water partition coefficient (Wildman–Crippen LogP) is 2.52. The fourth-order valence-corrected chi connectivity index (χ4v) is 4.22. The number of piperazine rings is 1.